The fourth-order valence-corrected chi connectivity index (χ4v) is 1.37. The van der Waals surface area contributed by atoms with Crippen LogP contribution in [0.5, 0.6) is 0 Å². The number of hydrogen-bond acceptors (Lipinski definition) is 3. The molecule has 0 saturated carbocycles. The van der Waals surface area contributed by atoms with Gasteiger partial charge in [-0.1, -0.05) is 6.07 Å². The number of aromatic nitrogens is 1. The molecule has 86 valence electrons. The first-order valence-corrected chi connectivity index (χ1v) is 4.86. The molecule has 0 spiro atoms. The van der Waals surface area contributed by atoms with Crippen molar-refractivity contribution < 1.29 is 9.72 Å². The molecule has 2 aromatic rings. The molecule has 0 bridgehead atoms. The molecule has 0 unspecified atom stereocenters. The molecule has 0 aliphatic carbocycles. The first kappa shape index (κ1) is 10.9. The number of nitrogens with zero attached hydrogens (tertiary/aromatic N) is 1. The van der Waals surface area contributed by atoms with Crippen molar-refractivity contribution in [2.45, 2.75) is 0 Å². The summed E-state index contributed by atoms with van der Waals surface area (Å²) in [6.45, 7) is 0. The first-order valence-electron chi connectivity index (χ1n) is 4.86. The van der Waals surface area contributed by atoms with Gasteiger partial charge in [-0.2, -0.15) is 0 Å². The van der Waals surface area contributed by atoms with Gasteiger partial charge in [0.15, 0.2) is 0 Å². The fourth-order valence-electron chi connectivity index (χ4n) is 1.37. The van der Waals surface area contributed by atoms with Gasteiger partial charge in [0.25, 0.3) is 11.6 Å². The van der Waals surface area contributed by atoms with Crippen molar-refractivity contribution in [2.24, 2.45) is 0 Å². The summed E-state index contributed by atoms with van der Waals surface area (Å²) < 4.78 is 0. The average Bonchev–Trinajstić information content (AvgIpc) is 2.82. The highest BCUT2D eigenvalue weighted by Crippen LogP contribution is 2.17. The number of aromatic amines is 1. The number of nitrogens with one attached hydrogen (secondary N) is 2. The predicted molar refractivity (Wildman–Crippen MR) is 61.8 cm³/mol. The largest absolute Gasteiger partial charge is 0.357 e. The van der Waals surface area contributed by atoms with E-state index in [0.717, 1.165) is 0 Å². The van der Waals surface area contributed by atoms with E-state index >= 15 is 0 Å². The van der Waals surface area contributed by atoms with Crippen molar-refractivity contribution >= 4 is 17.3 Å². The summed E-state index contributed by atoms with van der Waals surface area (Å²) in [5.41, 5.74) is 0.726. The van der Waals surface area contributed by atoms with E-state index in [2.05, 4.69) is 10.3 Å². The number of amides is 1. The van der Waals surface area contributed by atoms with Crippen LogP contribution in [-0.4, -0.2) is 15.8 Å². The monoisotopic (exact) mass is 231 g/mol. The Morgan fingerprint density at radius 2 is 2.12 bits per heavy atom. The zero-order valence-corrected chi connectivity index (χ0v) is 8.71. The Morgan fingerprint density at radius 3 is 2.76 bits per heavy atom. The van der Waals surface area contributed by atoms with E-state index in [4.69, 9.17) is 0 Å². The molecular formula is C11H9N3O3. The third-order valence-corrected chi connectivity index (χ3v) is 2.16. The molecule has 6 nitrogen and oxygen atoms in total. The second-order valence-electron chi connectivity index (χ2n) is 3.35. The van der Waals surface area contributed by atoms with Gasteiger partial charge in [-0.3, -0.25) is 14.9 Å². The molecule has 1 aromatic heterocycles. The molecule has 0 saturated heterocycles. The lowest BCUT2D eigenvalue weighted by atomic mass is 10.2. The third-order valence-electron chi connectivity index (χ3n) is 2.16. The Kier molecular flexibility index (Phi) is 2.87. The summed E-state index contributed by atoms with van der Waals surface area (Å²) >= 11 is 0. The predicted octanol–water partition coefficient (Wildman–Crippen LogP) is 2.18. The maximum atomic E-state index is 11.6. The summed E-state index contributed by atoms with van der Waals surface area (Å²) in [4.78, 5) is 24.4. The van der Waals surface area contributed by atoms with Crippen LogP contribution >= 0.6 is 0 Å². The summed E-state index contributed by atoms with van der Waals surface area (Å²) in [6, 6.07) is 9.09. The van der Waals surface area contributed by atoms with E-state index in [-0.39, 0.29) is 11.6 Å². The minimum absolute atomic E-state index is 0.0608. The van der Waals surface area contributed by atoms with Crippen molar-refractivity contribution in [1.29, 1.82) is 0 Å². The fraction of sp³-hybridized carbons (Fsp3) is 0. The molecule has 17 heavy (non-hydrogen) atoms. The number of non-ortho nitro benzene ring substituents is 1. The van der Waals surface area contributed by atoms with Gasteiger partial charge in [-0.15, -0.1) is 0 Å². The first-order chi connectivity index (χ1) is 8.16. The van der Waals surface area contributed by atoms with Crippen molar-refractivity contribution in [1.82, 2.24) is 4.98 Å². The highest BCUT2D eigenvalue weighted by Gasteiger charge is 2.09. The normalized spacial score (nSPS) is 9.88. The quantitative estimate of drug-likeness (QED) is 0.626. The Bertz CT molecular complexity index is 549. The maximum absolute atomic E-state index is 11.6. The van der Waals surface area contributed by atoms with Crippen LogP contribution in [0.4, 0.5) is 11.4 Å². The van der Waals surface area contributed by atoms with Crippen LogP contribution in [0.3, 0.4) is 0 Å². The smallest absolute Gasteiger partial charge is 0.272 e. The average molecular weight is 231 g/mol. The van der Waals surface area contributed by atoms with E-state index in [1.54, 1.807) is 24.4 Å². The number of carbonyl (C=O) groups is 1. The van der Waals surface area contributed by atoms with Crippen LogP contribution in [0.25, 0.3) is 0 Å². The van der Waals surface area contributed by atoms with Crippen molar-refractivity contribution in [2.75, 3.05) is 5.32 Å². The molecule has 0 fully saturated rings. The van der Waals surface area contributed by atoms with Gasteiger partial charge in [-0.25, -0.2) is 0 Å². The summed E-state index contributed by atoms with van der Waals surface area (Å²) in [7, 11) is 0. The van der Waals surface area contributed by atoms with Crippen molar-refractivity contribution in [3.8, 4) is 0 Å². The minimum Gasteiger partial charge on any atom is -0.357 e. The van der Waals surface area contributed by atoms with E-state index in [0.29, 0.717) is 11.4 Å². The molecule has 1 aromatic carbocycles. The molecule has 2 rings (SSSR count). The molecule has 0 aliphatic heterocycles. The van der Waals surface area contributed by atoms with Crippen molar-refractivity contribution in [3.63, 3.8) is 0 Å². The van der Waals surface area contributed by atoms with Crippen LogP contribution in [0.2, 0.25) is 0 Å². The third kappa shape index (κ3) is 2.49. The SMILES string of the molecule is O=C(Nc1cccc([N+](=O)[O-])c1)c1ccc[nH]1. The lowest BCUT2D eigenvalue weighted by Gasteiger charge is -2.03. The van der Waals surface area contributed by atoms with Crippen molar-refractivity contribution in [3.05, 3.63) is 58.4 Å². The molecule has 0 aliphatic rings. The standard InChI is InChI=1S/C11H9N3O3/c15-11(10-5-2-6-12-10)13-8-3-1-4-9(7-8)14(16)17/h1-7,12H,(H,13,15). The van der Waals surface area contributed by atoms with E-state index in [1.807, 2.05) is 0 Å². The van der Waals surface area contributed by atoms with Gasteiger partial charge in [0.2, 0.25) is 0 Å². The van der Waals surface area contributed by atoms with Crippen LogP contribution in [-0.2, 0) is 0 Å². The number of benzene rings is 1. The summed E-state index contributed by atoms with van der Waals surface area (Å²) in [5.74, 6) is -0.338. The van der Waals surface area contributed by atoms with Gasteiger partial charge in [-0.05, 0) is 18.2 Å². The van der Waals surface area contributed by atoms with Gasteiger partial charge in [0, 0.05) is 24.0 Å². The number of anilines is 1. The number of nitro benzene ring substituents is 1. The van der Waals surface area contributed by atoms with E-state index in [9.17, 15) is 14.9 Å². The van der Waals surface area contributed by atoms with Gasteiger partial charge in [0.1, 0.15) is 5.69 Å². The highest BCUT2D eigenvalue weighted by molar-refractivity contribution is 6.03. The Hall–Kier alpha value is -2.63. The lowest BCUT2D eigenvalue weighted by molar-refractivity contribution is -0.384. The number of rotatable bonds is 3. The van der Waals surface area contributed by atoms with Gasteiger partial charge >= 0.3 is 0 Å². The van der Waals surface area contributed by atoms with Gasteiger partial charge < -0.3 is 10.3 Å². The molecule has 0 radical (unpaired) electrons. The summed E-state index contributed by atoms with van der Waals surface area (Å²) in [6.07, 6.45) is 1.63. The van der Waals surface area contributed by atoms with E-state index < -0.39 is 4.92 Å². The highest BCUT2D eigenvalue weighted by atomic mass is 16.6. The molecule has 6 heteroatoms. The molecule has 1 heterocycles. The lowest BCUT2D eigenvalue weighted by Crippen LogP contribution is -2.12. The van der Waals surface area contributed by atoms with Crippen LogP contribution < -0.4 is 5.32 Å². The Labute approximate surface area is 96.4 Å². The minimum atomic E-state index is -0.510. The van der Waals surface area contributed by atoms with Crippen LogP contribution in [0, 0.1) is 10.1 Å². The van der Waals surface area contributed by atoms with E-state index in [1.165, 1.54) is 18.2 Å². The maximum Gasteiger partial charge on any atom is 0.272 e. The zero-order chi connectivity index (χ0) is 12.3. The summed E-state index contributed by atoms with van der Waals surface area (Å²) in [5, 5.41) is 13.1. The molecule has 1 amide bonds. The molecule has 2 N–H and O–H groups in total. The second-order valence-corrected chi connectivity index (χ2v) is 3.35. The molecular weight excluding hydrogens is 222 g/mol. The molecule has 0 atom stereocenters. The number of hydrogen-bond donors (Lipinski definition) is 2. The number of nitro groups is 1. The second kappa shape index (κ2) is 4.48. The number of H-pyrrole nitrogens is 1. The Morgan fingerprint density at radius 1 is 1.29 bits per heavy atom. The Balaban J connectivity index is 2.16. The van der Waals surface area contributed by atoms with Crippen LogP contribution in [0.1, 0.15) is 10.5 Å². The number of carbonyl (C=O) groups excluding carboxylic acids is 1. The van der Waals surface area contributed by atoms with Crippen LogP contribution in [0.15, 0.2) is 42.6 Å². The zero-order valence-electron chi connectivity index (χ0n) is 8.71. The van der Waals surface area contributed by atoms with Gasteiger partial charge in [0.05, 0.1) is 4.92 Å². The topological polar surface area (TPSA) is 88.0 Å².